The summed E-state index contributed by atoms with van der Waals surface area (Å²) in [6.45, 7) is 10.00. The van der Waals surface area contributed by atoms with E-state index in [9.17, 15) is 14.4 Å². The molecule has 9 heteroatoms. The van der Waals surface area contributed by atoms with Gasteiger partial charge in [-0.05, 0) is 75.0 Å². The lowest BCUT2D eigenvalue weighted by molar-refractivity contribution is -0.126. The maximum Gasteiger partial charge on any atom is 0.324 e. The van der Waals surface area contributed by atoms with Gasteiger partial charge in [0.2, 0.25) is 5.91 Å². The molecule has 9 nitrogen and oxygen atoms in total. The van der Waals surface area contributed by atoms with Crippen LogP contribution in [0, 0.1) is 12.8 Å². The molecule has 2 fully saturated rings. The van der Waals surface area contributed by atoms with Crippen LogP contribution in [0.25, 0.3) is 5.69 Å². The summed E-state index contributed by atoms with van der Waals surface area (Å²) in [5, 5.41) is 17.0. The van der Waals surface area contributed by atoms with Crippen LogP contribution < -0.4 is 21.3 Å². The number of nitrogens with zero attached hydrogens (tertiary/aromatic N) is 2. The third kappa shape index (κ3) is 6.68. The Balaban J connectivity index is 1.37. The number of urea groups is 1. The van der Waals surface area contributed by atoms with Crippen LogP contribution in [-0.2, 0) is 15.0 Å². The normalized spacial score (nSPS) is 18.5. The Bertz CT molecular complexity index is 1420. The van der Waals surface area contributed by atoms with Crippen LogP contribution in [0.15, 0.2) is 54.6 Å². The lowest BCUT2D eigenvalue weighted by atomic mass is 9.76. The van der Waals surface area contributed by atoms with Crippen molar-refractivity contribution in [2.45, 2.75) is 70.8 Å². The average Bonchev–Trinajstić information content (AvgIpc) is 3.57. The highest BCUT2D eigenvalue weighted by atomic mass is 16.2. The van der Waals surface area contributed by atoms with E-state index in [0.29, 0.717) is 24.3 Å². The molecule has 2 aromatic carbocycles. The molecule has 5 rings (SSSR count). The Hall–Kier alpha value is -3.98. The first kappa shape index (κ1) is 28.5. The Morgan fingerprint density at radius 3 is 2.39 bits per heavy atom. The molecule has 2 saturated heterocycles. The molecular formula is C32H40N6O3. The second kappa shape index (κ2) is 11.9. The van der Waals surface area contributed by atoms with Gasteiger partial charge >= 0.3 is 6.03 Å². The van der Waals surface area contributed by atoms with Gasteiger partial charge in [-0.1, -0.05) is 50.6 Å². The van der Waals surface area contributed by atoms with Gasteiger partial charge < -0.3 is 16.0 Å². The van der Waals surface area contributed by atoms with Gasteiger partial charge in [0.1, 0.15) is 5.82 Å². The van der Waals surface area contributed by atoms with Gasteiger partial charge in [-0.2, -0.15) is 5.10 Å². The Morgan fingerprint density at radius 1 is 1.00 bits per heavy atom. The molecule has 2 aliphatic rings. The van der Waals surface area contributed by atoms with Gasteiger partial charge in [0.05, 0.1) is 17.4 Å². The number of carbonyl (C=O) groups is 3. The highest BCUT2D eigenvalue weighted by Crippen LogP contribution is 2.35. The van der Waals surface area contributed by atoms with Crippen molar-refractivity contribution in [1.82, 2.24) is 20.4 Å². The molecule has 2 aliphatic heterocycles. The van der Waals surface area contributed by atoms with Crippen molar-refractivity contribution in [1.29, 1.82) is 0 Å². The summed E-state index contributed by atoms with van der Waals surface area (Å²) in [4.78, 5) is 38.8. The second-order valence-electron chi connectivity index (χ2n) is 12.2. The van der Waals surface area contributed by atoms with E-state index < -0.39 is 12.1 Å². The van der Waals surface area contributed by atoms with Crippen LogP contribution >= 0.6 is 0 Å². The lowest BCUT2D eigenvalue weighted by Crippen LogP contribution is -2.41. The van der Waals surface area contributed by atoms with E-state index >= 15 is 0 Å². The molecule has 41 heavy (non-hydrogen) atoms. The first-order chi connectivity index (χ1) is 19.6. The Labute approximate surface area is 241 Å². The van der Waals surface area contributed by atoms with Crippen molar-refractivity contribution < 1.29 is 14.4 Å². The number of piperidine rings is 1. The molecule has 3 heterocycles. The number of hydrogen-bond acceptors (Lipinski definition) is 5. The Kier molecular flexibility index (Phi) is 8.26. The molecule has 1 aromatic heterocycles. The fourth-order valence-electron chi connectivity index (χ4n) is 5.70. The summed E-state index contributed by atoms with van der Waals surface area (Å²) < 4.78 is 1.75. The monoisotopic (exact) mass is 556 g/mol. The summed E-state index contributed by atoms with van der Waals surface area (Å²) in [5.74, 6) is 0.375. The van der Waals surface area contributed by atoms with Crippen molar-refractivity contribution in [3.63, 3.8) is 0 Å². The van der Waals surface area contributed by atoms with Gasteiger partial charge in [0, 0.05) is 29.5 Å². The third-order valence-corrected chi connectivity index (χ3v) is 8.00. The number of aryl methyl sites for hydroxylation is 1. The number of Topliss-reactive ketones (excluding diaryl/α,β-unsaturated/α-hetero) is 1. The Morgan fingerprint density at radius 2 is 1.73 bits per heavy atom. The maximum atomic E-state index is 13.7. The quantitative estimate of drug-likeness (QED) is 0.325. The van der Waals surface area contributed by atoms with Gasteiger partial charge in [-0.3, -0.25) is 14.9 Å². The van der Waals surface area contributed by atoms with E-state index in [-0.39, 0.29) is 28.9 Å². The van der Waals surface area contributed by atoms with E-state index in [2.05, 4.69) is 42.0 Å². The van der Waals surface area contributed by atoms with E-state index in [0.717, 1.165) is 48.4 Å². The van der Waals surface area contributed by atoms with Crippen molar-refractivity contribution >= 4 is 29.2 Å². The van der Waals surface area contributed by atoms with Gasteiger partial charge in [0.15, 0.2) is 5.78 Å². The second-order valence-corrected chi connectivity index (χ2v) is 12.2. The fraction of sp³-hybridized carbons (Fsp3) is 0.438. The molecule has 3 amide bonds. The summed E-state index contributed by atoms with van der Waals surface area (Å²) in [6.07, 6.45) is 2.68. The minimum absolute atomic E-state index is 0.0565. The maximum absolute atomic E-state index is 13.7. The highest BCUT2D eigenvalue weighted by molar-refractivity contribution is 6.00. The predicted octanol–water partition coefficient (Wildman–Crippen LogP) is 5.05. The van der Waals surface area contributed by atoms with Crippen molar-refractivity contribution in [3.8, 4) is 5.69 Å². The van der Waals surface area contributed by atoms with Crippen LogP contribution in [0.1, 0.15) is 69.2 Å². The van der Waals surface area contributed by atoms with Crippen molar-refractivity contribution in [3.05, 3.63) is 71.4 Å². The van der Waals surface area contributed by atoms with Crippen LogP contribution in [0.5, 0.6) is 0 Å². The zero-order chi connectivity index (χ0) is 29.1. The minimum atomic E-state index is -0.457. The van der Waals surface area contributed by atoms with E-state index in [1.807, 2.05) is 61.5 Å². The number of anilines is 2. The summed E-state index contributed by atoms with van der Waals surface area (Å²) >= 11 is 0. The van der Waals surface area contributed by atoms with Gasteiger partial charge in [-0.15, -0.1) is 0 Å². The molecule has 0 bridgehead atoms. The zero-order valence-corrected chi connectivity index (χ0v) is 24.3. The molecule has 1 unspecified atom stereocenters. The molecular weight excluding hydrogens is 516 g/mol. The van der Waals surface area contributed by atoms with Crippen molar-refractivity contribution in [2.24, 2.45) is 5.92 Å². The largest absolute Gasteiger partial charge is 0.346 e. The topological polar surface area (TPSA) is 117 Å². The number of nitrogens with one attached hydrogen (secondary N) is 4. The van der Waals surface area contributed by atoms with Crippen LogP contribution in [0.4, 0.5) is 16.3 Å². The number of aromatic nitrogens is 2. The number of hydrogen-bond donors (Lipinski definition) is 4. The van der Waals surface area contributed by atoms with Gasteiger partial charge in [0.25, 0.3) is 0 Å². The zero-order valence-electron chi connectivity index (χ0n) is 24.3. The number of carbonyl (C=O) groups excluding carboxylic acids is 3. The number of benzene rings is 2. The summed E-state index contributed by atoms with van der Waals surface area (Å²) in [5.41, 5.74) is 4.11. The van der Waals surface area contributed by atoms with Crippen LogP contribution in [-0.4, -0.2) is 46.6 Å². The smallest absolute Gasteiger partial charge is 0.324 e. The SMILES string of the molecule is Cc1ccc(-n2nc(C(C)(C)C)cc2NC(=O)Nc2cccc(C(C(=O)[C@H]3CCC(=O)N3)C3CCNCC3)c2)cc1. The molecule has 3 aromatic rings. The van der Waals surface area contributed by atoms with E-state index in [4.69, 9.17) is 5.10 Å². The molecule has 4 N–H and O–H groups in total. The standard InChI is InChI=1S/C32H40N6O3/c1-20-8-10-24(11-9-20)38-27(19-26(37-38)32(2,3)4)36-31(41)34-23-7-5-6-22(18-23)29(21-14-16-33-17-15-21)30(40)25-12-13-28(39)35-25/h5-11,18-19,21,25,29,33H,12-17H2,1-4H3,(H,35,39)(H2,34,36,41)/t25-,29?/m1/s1. The average molecular weight is 557 g/mol. The highest BCUT2D eigenvalue weighted by Gasteiger charge is 2.37. The van der Waals surface area contributed by atoms with Crippen LogP contribution in [0.3, 0.4) is 0 Å². The van der Waals surface area contributed by atoms with E-state index in [1.165, 1.54) is 0 Å². The number of ketones is 1. The summed E-state index contributed by atoms with van der Waals surface area (Å²) in [7, 11) is 0. The molecule has 216 valence electrons. The third-order valence-electron chi connectivity index (χ3n) is 8.00. The number of amides is 3. The van der Waals surface area contributed by atoms with Gasteiger partial charge in [-0.25, -0.2) is 9.48 Å². The summed E-state index contributed by atoms with van der Waals surface area (Å²) in [6, 6.07) is 16.6. The molecule has 0 saturated carbocycles. The molecule has 0 spiro atoms. The first-order valence-corrected chi connectivity index (χ1v) is 14.5. The van der Waals surface area contributed by atoms with Crippen molar-refractivity contribution in [2.75, 3.05) is 23.7 Å². The van der Waals surface area contributed by atoms with E-state index in [1.54, 1.807) is 4.68 Å². The first-order valence-electron chi connectivity index (χ1n) is 14.5. The molecule has 2 atom stereocenters. The molecule has 0 radical (unpaired) electrons. The molecule has 0 aliphatic carbocycles. The fourth-order valence-corrected chi connectivity index (χ4v) is 5.70. The lowest BCUT2D eigenvalue weighted by Gasteiger charge is -2.32. The minimum Gasteiger partial charge on any atom is -0.346 e. The number of rotatable bonds is 7. The van der Waals surface area contributed by atoms with Crippen LogP contribution in [0.2, 0.25) is 0 Å². The predicted molar refractivity (Wildman–Crippen MR) is 161 cm³/mol.